The zero-order valence-electron chi connectivity index (χ0n) is 14.6. The Bertz CT molecular complexity index is 732. The van der Waals surface area contributed by atoms with Crippen molar-refractivity contribution in [1.29, 1.82) is 0 Å². The first-order valence-corrected chi connectivity index (χ1v) is 7.56. The van der Waals surface area contributed by atoms with Crippen molar-refractivity contribution in [2.75, 3.05) is 28.4 Å². The van der Waals surface area contributed by atoms with E-state index in [1.54, 1.807) is 33.5 Å². The molecule has 0 aromatic heterocycles. The van der Waals surface area contributed by atoms with Gasteiger partial charge in [0.05, 0.1) is 28.4 Å². The number of methoxy groups -OCH3 is 4. The van der Waals surface area contributed by atoms with Gasteiger partial charge in [0.25, 0.3) is 0 Å². The average Bonchev–Trinajstić information content (AvgIpc) is 2.64. The first-order chi connectivity index (χ1) is 12.0. The zero-order valence-corrected chi connectivity index (χ0v) is 14.6. The van der Waals surface area contributed by atoms with E-state index in [1.807, 2.05) is 30.4 Å². The van der Waals surface area contributed by atoms with E-state index in [0.29, 0.717) is 28.5 Å². The molecule has 25 heavy (non-hydrogen) atoms. The lowest BCUT2D eigenvalue weighted by molar-refractivity contribution is 0.324. The van der Waals surface area contributed by atoms with Gasteiger partial charge < -0.3 is 29.0 Å². The lowest BCUT2D eigenvalue weighted by Gasteiger charge is -2.13. The fourth-order valence-corrected chi connectivity index (χ4v) is 2.45. The smallest absolute Gasteiger partial charge is 0.492 e. The van der Waals surface area contributed by atoms with Crippen LogP contribution in [-0.2, 0) is 0 Å². The van der Waals surface area contributed by atoms with Crippen LogP contribution in [0, 0.1) is 0 Å². The molecule has 0 radical (unpaired) electrons. The first-order valence-electron chi connectivity index (χ1n) is 7.56. The highest BCUT2D eigenvalue weighted by atomic mass is 16.5. The van der Waals surface area contributed by atoms with Gasteiger partial charge >= 0.3 is 7.12 Å². The van der Waals surface area contributed by atoms with E-state index in [2.05, 4.69) is 0 Å². The Morgan fingerprint density at radius 1 is 0.720 bits per heavy atom. The summed E-state index contributed by atoms with van der Waals surface area (Å²) < 4.78 is 21.1. The number of hydrogen-bond acceptors (Lipinski definition) is 6. The molecule has 132 valence electrons. The van der Waals surface area contributed by atoms with Gasteiger partial charge in [-0.05, 0) is 29.3 Å². The summed E-state index contributed by atoms with van der Waals surface area (Å²) in [7, 11) is 4.54. The lowest BCUT2D eigenvalue weighted by atomic mass is 9.78. The van der Waals surface area contributed by atoms with Gasteiger partial charge in [-0.15, -0.1) is 0 Å². The van der Waals surface area contributed by atoms with Crippen LogP contribution in [0.2, 0.25) is 0 Å². The third-order valence-corrected chi connectivity index (χ3v) is 3.69. The highest BCUT2D eigenvalue weighted by molar-refractivity contribution is 6.59. The largest absolute Gasteiger partial charge is 0.497 e. The zero-order chi connectivity index (χ0) is 18.4. The van der Waals surface area contributed by atoms with Gasteiger partial charge in [0.15, 0.2) is 11.5 Å². The Hall–Kier alpha value is -2.64. The van der Waals surface area contributed by atoms with Crippen LogP contribution in [-0.4, -0.2) is 45.6 Å². The van der Waals surface area contributed by atoms with Crippen LogP contribution in [0.5, 0.6) is 23.0 Å². The molecule has 0 atom stereocenters. The summed E-state index contributed by atoms with van der Waals surface area (Å²) in [6.07, 6.45) is 3.70. The Labute approximate surface area is 147 Å². The molecule has 2 N–H and O–H groups in total. The third kappa shape index (κ3) is 4.26. The fraction of sp³-hybridized carbons (Fsp3) is 0.222. The van der Waals surface area contributed by atoms with Crippen LogP contribution < -0.4 is 24.4 Å². The second kappa shape index (κ2) is 8.46. The molecular weight excluding hydrogens is 323 g/mol. The standard InChI is InChI=1S/C18H21BO6/c1-22-15-8-7-12(9-14(15)19(20)21)5-6-13-10-16(23-2)18(25-4)17(11-13)24-3/h5-11,20-21H,1-4H3/b6-5-. The summed E-state index contributed by atoms with van der Waals surface area (Å²) in [5, 5.41) is 18.9. The van der Waals surface area contributed by atoms with Crippen molar-refractivity contribution in [3.05, 3.63) is 41.5 Å². The van der Waals surface area contributed by atoms with Gasteiger partial charge in [-0.3, -0.25) is 0 Å². The Morgan fingerprint density at radius 2 is 1.28 bits per heavy atom. The lowest BCUT2D eigenvalue weighted by Crippen LogP contribution is -2.31. The maximum atomic E-state index is 9.44. The Kier molecular flexibility index (Phi) is 6.33. The molecule has 2 aromatic rings. The van der Waals surface area contributed by atoms with Crippen LogP contribution in [0.1, 0.15) is 11.1 Å². The van der Waals surface area contributed by atoms with Crippen LogP contribution in [0.15, 0.2) is 30.3 Å². The average molecular weight is 344 g/mol. The minimum absolute atomic E-state index is 0.301. The maximum absolute atomic E-state index is 9.44. The monoisotopic (exact) mass is 344 g/mol. The van der Waals surface area contributed by atoms with Gasteiger partial charge in [-0.25, -0.2) is 0 Å². The summed E-state index contributed by atoms with van der Waals surface area (Å²) in [6.45, 7) is 0. The molecule has 6 nitrogen and oxygen atoms in total. The molecule has 0 heterocycles. The number of ether oxygens (including phenoxy) is 4. The second-order valence-electron chi connectivity index (χ2n) is 5.17. The Morgan fingerprint density at radius 3 is 1.76 bits per heavy atom. The topological polar surface area (TPSA) is 77.4 Å². The van der Waals surface area contributed by atoms with Gasteiger partial charge in [0.1, 0.15) is 5.75 Å². The molecule has 2 rings (SSSR count). The summed E-state index contributed by atoms with van der Waals surface area (Å²) in [5.41, 5.74) is 1.93. The van der Waals surface area contributed by atoms with Crippen molar-refractivity contribution in [2.24, 2.45) is 0 Å². The van der Waals surface area contributed by atoms with E-state index in [-0.39, 0.29) is 0 Å². The maximum Gasteiger partial charge on any atom is 0.492 e. The highest BCUT2D eigenvalue weighted by Crippen LogP contribution is 2.38. The van der Waals surface area contributed by atoms with E-state index < -0.39 is 7.12 Å². The molecule has 0 bridgehead atoms. The summed E-state index contributed by atoms with van der Waals surface area (Å²) in [6, 6.07) is 8.80. The molecule has 0 amide bonds. The molecule has 0 saturated heterocycles. The van der Waals surface area contributed by atoms with Crippen molar-refractivity contribution >= 4 is 24.7 Å². The second-order valence-corrected chi connectivity index (χ2v) is 5.17. The van der Waals surface area contributed by atoms with Crippen molar-refractivity contribution in [3.8, 4) is 23.0 Å². The van der Waals surface area contributed by atoms with Gasteiger partial charge in [0, 0.05) is 5.46 Å². The van der Waals surface area contributed by atoms with E-state index in [0.717, 1.165) is 11.1 Å². The normalized spacial score (nSPS) is 10.6. The van der Waals surface area contributed by atoms with Gasteiger partial charge in [-0.1, -0.05) is 24.3 Å². The van der Waals surface area contributed by atoms with Gasteiger partial charge in [-0.2, -0.15) is 0 Å². The van der Waals surface area contributed by atoms with E-state index in [9.17, 15) is 10.0 Å². The van der Waals surface area contributed by atoms with Crippen LogP contribution in [0.25, 0.3) is 12.2 Å². The molecule has 0 saturated carbocycles. The van der Waals surface area contributed by atoms with Crippen LogP contribution >= 0.6 is 0 Å². The number of hydrogen-bond donors (Lipinski definition) is 2. The molecule has 0 aliphatic carbocycles. The molecule has 0 unspecified atom stereocenters. The Balaban J connectivity index is 2.37. The van der Waals surface area contributed by atoms with Crippen molar-refractivity contribution < 1.29 is 29.0 Å². The van der Waals surface area contributed by atoms with Crippen molar-refractivity contribution in [2.45, 2.75) is 0 Å². The first kappa shape index (κ1) is 18.7. The minimum atomic E-state index is -1.61. The molecule has 2 aromatic carbocycles. The molecular formula is C18H21BO6. The molecule has 7 heteroatoms. The van der Waals surface area contributed by atoms with Gasteiger partial charge in [0.2, 0.25) is 5.75 Å². The molecule has 0 aliphatic rings. The third-order valence-electron chi connectivity index (χ3n) is 3.69. The highest BCUT2D eigenvalue weighted by Gasteiger charge is 2.17. The summed E-state index contributed by atoms with van der Waals surface area (Å²) >= 11 is 0. The molecule has 0 fully saturated rings. The predicted molar refractivity (Wildman–Crippen MR) is 97.8 cm³/mol. The van der Waals surface area contributed by atoms with Crippen LogP contribution in [0.4, 0.5) is 0 Å². The molecule has 0 spiro atoms. The van der Waals surface area contributed by atoms with Crippen molar-refractivity contribution in [1.82, 2.24) is 0 Å². The van der Waals surface area contributed by atoms with Crippen molar-refractivity contribution in [3.63, 3.8) is 0 Å². The summed E-state index contributed by atoms with van der Waals surface area (Å²) in [4.78, 5) is 0. The minimum Gasteiger partial charge on any atom is -0.497 e. The SMILES string of the molecule is COc1ccc(/C=C\c2cc(OC)c(OC)c(OC)c2)cc1B(O)O. The predicted octanol–water partition coefficient (Wildman–Crippen LogP) is 1.57. The van der Waals surface area contributed by atoms with Crippen LogP contribution in [0.3, 0.4) is 0 Å². The number of benzene rings is 2. The fourth-order valence-electron chi connectivity index (χ4n) is 2.45. The summed E-state index contributed by atoms with van der Waals surface area (Å²) in [5.74, 6) is 2.06. The van der Waals surface area contributed by atoms with E-state index >= 15 is 0 Å². The van der Waals surface area contributed by atoms with E-state index in [1.165, 1.54) is 7.11 Å². The van der Waals surface area contributed by atoms with E-state index in [4.69, 9.17) is 18.9 Å². The number of rotatable bonds is 7. The molecule has 0 aliphatic heterocycles. The quantitative estimate of drug-likeness (QED) is 0.587.